The number of hydrogen-bond donors (Lipinski definition) is 4. The van der Waals surface area contributed by atoms with Crippen molar-refractivity contribution in [2.24, 2.45) is 0 Å². The minimum atomic E-state index is -0.654. The molecule has 1 rings (SSSR count). The maximum atomic E-state index is 12.6. The number of carbonyl (C=O) groups is 2. The maximum Gasteiger partial charge on any atom is 0.244 e. The van der Waals surface area contributed by atoms with Gasteiger partial charge in [0.05, 0.1) is 13.3 Å². The van der Waals surface area contributed by atoms with Crippen molar-refractivity contribution in [3.63, 3.8) is 0 Å². The molecule has 2 amide bonds. The molecule has 1 aromatic carbocycles. The summed E-state index contributed by atoms with van der Waals surface area (Å²) in [7, 11) is 0. The highest BCUT2D eigenvalue weighted by Crippen LogP contribution is 2.04. The van der Waals surface area contributed by atoms with Crippen molar-refractivity contribution < 1.29 is 14.3 Å². The second-order valence-electron chi connectivity index (χ2n) is 5.66. The van der Waals surface area contributed by atoms with Gasteiger partial charge in [0.25, 0.3) is 0 Å². The van der Waals surface area contributed by atoms with E-state index in [2.05, 4.69) is 21.3 Å². The molecule has 0 radical (unpaired) electrons. The van der Waals surface area contributed by atoms with Crippen molar-refractivity contribution in [3.8, 4) is 0 Å². The largest absolute Gasteiger partial charge is 0.344 e. The van der Waals surface area contributed by atoms with Crippen LogP contribution in [0.1, 0.15) is 26.3 Å². The van der Waals surface area contributed by atoms with Gasteiger partial charge >= 0.3 is 0 Å². The molecule has 140 valence electrons. The molecule has 0 aliphatic heterocycles. The molecule has 0 aromatic heterocycles. The summed E-state index contributed by atoms with van der Waals surface area (Å²) in [5.74, 6) is -0.475. The second kappa shape index (κ2) is 12.4. The molecule has 0 aliphatic rings. The summed E-state index contributed by atoms with van der Waals surface area (Å²) >= 11 is 0. The van der Waals surface area contributed by atoms with E-state index in [4.69, 9.17) is 4.74 Å². The lowest BCUT2D eigenvalue weighted by Gasteiger charge is -2.22. The van der Waals surface area contributed by atoms with Crippen LogP contribution in [0.25, 0.3) is 0 Å². The van der Waals surface area contributed by atoms with Gasteiger partial charge < -0.3 is 20.7 Å². The fourth-order valence-electron chi connectivity index (χ4n) is 2.17. The van der Waals surface area contributed by atoms with Gasteiger partial charge in [0, 0.05) is 6.42 Å². The summed E-state index contributed by atoms with van der Waals surface area (Å²) in [5.41, 5.74) is 0.979. The van der Waals surface area contributed by atoms with Crippen LogP contribution < -0.4 is 21.3 Å². The van der Waals surface area contributed by atoms with Crippen LogP contribution in [0.5, 0.6) is 0 Å². The number of rotatable bonds is 12. The first kappa shape index (κ1) is 21.1. The van der Waals surface area contributed by atoms with Gasteiger partial charge in [0.2, 0.25) is 11.8 Å². The van der Waals surface area contributed by atoms with Crippen LogP contribution >= 0.6 is 0 Å². The Kier molecular flexibility index (Phi) is 10.5. The summed E-state index contributed by atoms with van der Waals surface area (Å²) in [6.45, 7) is 7.67. The number of carbonyl (C=O) groups excluding carboxylic acids is 2. The third-order valence-electron chi connectivity index (χ3n) is 3.50. The molecular weight excluding hydrogens is 320 g/mol. The van der Waals surface area contributed by atoms with Gasteiger partial charge in [-0.15, -0.1) is 0 Å². The zero-order chi connectivity index (χ0) is 18.5. The quantitative estimate of drug-likeness (QED) is 0.323. The molecule has 4 N–H and O–H groups in total. The average molecular weight is 350 g/mol. The molecule has 7 nitrogen and oxygen atoms in total. The third kappa shape index (κ3) is 9.19. The molecule has 1 aromatic rings. The third-order valence-corrected chi connectivity index (χ3v) is 3.50. The van der Waals surface area contributed by atoms with Crippen LogP contribution in [0.4, 0.5) is 0 Å². The fraction of sp³-hybridized carbons (Fsp3) is 0.556. The van der Waals surface area contributed by atoms with Crippen molar-refractivity contribution in [1.29, 1.82) is 0 Å². The summed E-state index contributed by atoms with van der Waals surface area (Å²) in [4.78, 5) is 24.6. The Hall–Kier alpha value is -1.96. The van der Waals surface area contributed by atoms with Crippen molar-refractivity contribution >= 4 is 11.8 Å². The normalized spacial score (nSPS) is 13.1. The zero-order valence-electron chi connectivity index (χ0n) is 15.3. The highest BCUT2D eigenvalue weighted by Gasteiger charge is 2.22. The van der Waals surface area contributed by atoms with Gasteiger partial charge in [-0.25, -0.2) is 0 Å². The van der Waals surface area contributed by atoms with E-state index in [1.807, 2.05) is 44.2 Å². The first-order valence-electron chi connectivity index (χ1n) is 8.73. The van der Waals surface area contributed by atoms with Crippen molar-refractivity contribution in [2.75, 3.05) is 26.4 Å². The molecule has 1 unspecified atom stereocenters. The Morgan fingerprint density at radius 1 is 1.04 bits per heavy atom. The van der Waals surface area contributed by atoms with E-state index in [1.165, 1.54) is 0 Å². The molecular formula is C18H30N4O3. The van der Waals surface area contributed by atoms with Gasteiger partial charge in [-0.2, -0.15) is 0 Å². The van der Waals surface area contributed by atoms with Gasteiger partial charge in [-0.05, 0) is 25.6 Å². The number of nitrogens with one attached hydrogen (secondary N) is 4. The second-order valence-corrected chi connectivity index (χ2v) is 5.66. The molecule has 0 spiro atoms. The Morgan fingerprint density at radius 2 is 1.72 bits per heavy atom. The predicted octanol–water partition coefficient (Wildman–Crippen LogP) is 0.369. The molecule has 0 fully saturated rings. The van der Waals surface area contributed by atoms with E-state index in [0.29, 0.717) is 19.7 Å². The van der Waals surface area contributed by atoms with Crippen LogP contribution in [0.3, 0.4) is 0 Å². The van der Waals surface area contributed by atoms with Gasteiger partial charge in [0.1, 0.15) is 12.3 Å². The highest BCUT2D eigenvalue weighted by atomic mass is 16.5. The number of ether oxygens (including phenoxy) is 1. The molecule has 0 saturated carbocycles. The van der Waals surface area contributed by atoms with Crippen molar-refractivity contribution in [2.45, 2.75) is 39.5 Å². The molecule has 0 heterocycles. The van der Waals surface area contributed by atoms with Gasteiger partial charge in [0.15, 0.2) is 0 Å². The van der Waals surface area contributed by atoms with Crippen LogP contribution in [0.15, 0.2) is 30.3 Å². The summed E-state index contributed by atoms with van der Waals surface area (Å²) in [6.07, 6.45) is -0.0275. The number of benzene rings is 1. The summed E-state index contributed by atoms with van der Waals surface area (Å²) < 4.78 is 5.46. The fourth-order valence-corrected chi connectivity index (χ4v) is 2.17. The lowest BCUT2D eigenvalue weighted by atomic mass is 10.1. The summed E-state index contributed by atoms with van der Waals surface area (Å²) in [5, 5.41) is 11.6. The molecule has 0 aliphatic carbocycles. The number of amides is 2. The van der Waals surface area contributed by atoms with E-state index in [-0.39, 0.29) is 18.4 Å². The standard InChI is InChI=1S/C18H30N4O3/c1-4-19-12-17(23)22-16(11-15-9-7-6-8-10-15)18(24)21-14(3)25-13-20-5-2/h6-10,14,16,19-20H,4-5,11-13H2,1-3H3,(H,21,24)(H,22,23)/t14-,16?/m0/s1. The topological polar surface area (TPSA) is 91.5 Å². The molecule has 0 saturated heterocycles. The minimum Gasteiger partial charge on any atom is -0.344 e. The van der Waals surface area contributed by atoms with Crippen LogP contribution in [0, 0.1) is 0 Å². The van der Waals surface area contributed by atoms with Gasteiger partial charge in [-0.3, -0.25) is 14.9 Å². The van der Waals surface area contributed by atoms with Crippen LogP contribution in [-0.4, -0.2) is 50.4 Å². The SMILES string of the molecule is CCNCO[C@@H](C)NC(=O)C(Cc1ccccc1)NC(=O)CNCC. The molecule has 7 heteroatoms. The van der Waals surface area contributed by atoms with E-state index < -0.39 is 12.3 Å². The Bertz CT molecular complexity index is 510. The summed E-state index contributed by atoms with van der Waals surface area (Å²) in [6, 6.07) is 8.95. The van der Waals surface area contributed by atoms with Crippen LogP contribution in [0.2, 0.25) is 0 Å². The van der Waals surface area contributed by atoms with E-state index in [9.17, 15) is 9.59 Å². The smallest absolute Gasteiger partial charge is 0.244 e. The predicted molar refractivity (Wildman–Crippen MR) is 97.9 cm³/mol. The lowest BCUT2D eigenvalue weighted by molar-refractivity contribution is -0.131. The first-order chi connectivity index (χ1) is 12.1. The molecule has 2 atom stereocenters. The van der Waals surface area contributed by atoms with Gasteiger partial charge in [-0.1, -0.05) is 44.2 Å². The monoisotopic (exact) mass is 350 g/mol. The Labute approximate surface area is 149 Å². The Morgan fingerprint density at radius 3 is 2.36 bits per heavy atom. The number of hydrogen-bond acceptors (Lipinski definition) is 5. The minimum absolute atomic E-state index is 0.182. The van der Waals surface area contributed by atoms with E-state index in [0.717, 1.165) is 12.1 Å². The highest BCUT2D eigenvalue weighted by molar-refractivity contribution is 5.88. The van der Waals surface area contributed by atoms with Crippen molar-refractivity contribution in [1.82, 2.24) is 21.3 Å². The van der Waals surface area contributed by atoms with E-state index in [1.54, 1.807) is 6.92 Å². The lowest BCUT2D eigenvalue weighted by Crippen LogP contribution is -2.52. The first-order valence-corrected chi connectivity index (χ1v) is 8.73. The van der Waals surface area contributed by atoms with Crippen molar-refractivity contribution in [3.05, 3.63) is 35.9 Å². The molecule has 25 heavy (non-hydrogen) atoms. The maximum absolute atomic E-state index is 12.6. The average Bonchev–Trinajstić information content (AvgIpc) is 2.60. The zero-order valence-corrected chi connectivity index (χ0v) is 15.3. The van der Waals surface area contributed by atoms with Crippen LogP contribution in [-0.2, 0) is 20.7 Å². The Balaban J connectivity index is 2.64. The molecule has 0 bridgehead atoms. The van der Waals surface area contributed by atoms with E-state index >= 15 is 0 Å². The number of likely N-dealkylation sites (N-methyl/N-ethyl adjacent to an activating group) is 1.